The topological polar surface area (TPSA) is 42.7 Å². The lowest BCUT2D eigenvalue weighted by molar-refractivity contribution is 0.0568. The Hall–Kier alpha value is -1.69. The summed E-state index contributed by atoms with van der Waals surface area (Å²) >= 11 is 5.89. The van der Waals surface area contributed by atoms with Gasteiger partial charge in [-0.05, 0) is 25.5 Å². The molecule has 7 heteroatoms. The molecule has 2 heterocycles. The summed E-state index contributed by atoms with van der Waals surface area (Å²) in [5.74, 6) is 0. The normalized spacial score (nSPS) is 12.7. The highest BCUT2D eigenvalue weighted by molar-refractivity contribution is 6.29. The maximum atomic E-state index is 12.6. The summed E-state index contributed by atoms with van der Waals surface area (Å²) in [6.45, 7) is 1.41. The summed E-state index contributed by atoms with van der Waals surface area (Å²) in [6.07, 6.45) is 3.69. The van der Waals surface area contributed by atoms with Gasteiger partial charge in [-0.3, -0.25) is 0 Å². The van der Waals surface area contributed by atoms with Gasteiger partial charge in [0.15, 0.2) is 0 Å². The van der Waals surface area contributed by atoms with Crippen molar-refractivity contribution in [3.63, 3.8) is 0 Å². The van der Waals surface area contributed by atoms with E-state index in [0.717, 1.165) is 12.1 Å². The van der Waals surface area contributed by atoms with Crippen LogP contribution in [-0.2, 0) is 0 Å². The van der Waals surface area contributed by atoms with Gasteiger partial charge in [-0.1, -0.05) is 18.5 Å². The third-order valence-corrected chi connectivity index (χ3v) is 3.18. The molecule has 0 aromatic carbocycles. The molecule has 2 rings (SSSR count). The summed E-state index contributed by atoms with van der Waals surface area (Å²) in [4.78, 5) is 3.99. The quantitative estimate of drug-likeness (QED) is 0.841. The van der Waals surface area contributed by atoms with Gasteiger partial charge in [-0.2, -0.15) is 13.9 Å². The molecule has 0 fully saturated rings. The SMILES string of the molecule is CCC(C)Nc1cc(Cl)ncc1-c1ccn(C(F)F)n1. The molecule has 0 bridgehead atoms. The smallest absolute Gasteiger partial charge is 0.333 e. The standard InChI is InChI=1S/C13H15ClF2N4/c1-3-8(2)18-11-6-12(14)17-7-9(11)10-4-5-20(19-10)13(15)16/h4-8,13H,3H2,1-2H3,(H,17,18). The number of nitrogens with one attached hydrogen (secondary N) is 1. The summed E-state index contributed by atoms with van der Waals surface area (Å²) in [7, 11) is 0. The van der Waals surface area contributed by atoms with E-state index in [0.29, 0.717) is 21.1 Å². The first-order chi connectivity index (χ1) is 9.51. The first kappa shape index (κ1) is 14.7. The third-order valence-electron chi connectivity index (χ3n) is 2.97. The van der Waals surface area contributed by atoms with E-state index < -0.39 is 6.55 Å². The minimum atomic E-state index is -2.66. The molecule has 2 aromatic rings. The van der Waals surface area contributed by atoms with E-state index >= 15 is 0 Å². The summed E-state index contributed by atoms with van der Waals surface area (Å²) in [5, 5.41) is 7.46. The fourth-order valence-electron chi connectivity index (χ4n) is 1.71. The third kappa shape index (κ3) is 3.25. The van der Waals surface area contributed by atoms with Crippen molar-refractivity contribution in [1.82, 2.24) is 14.8 Å². The first-order valence-corrected chi connectivity index (χ1v) is 6.64. The molecule has 0 aliphatic rings. The molecule has 20 heavy (non-hydrogen) atoms. The van der Waals surface area contributed by atoms with Gasteiger partial charge in [0, 0.05) is 29.7 Å². The highest BCUT2D eigenvalue weighted by Gasteiger charge is 2.14. The predicted molar refractivity (Wildman–Crippen MR) is 75.1 cm³/mol. The van der Waals surface area contributed by atoms with Gasteiger partial charge < -0.3 is 5.32 Å². The van der Waals surface area contributed by atoms with E-state index in [1.54, 1.807) is 6.07 Å². The van der Waals surface area contributed by atoms with Crippen LogP contribution < -0.4 is 5.32 Å². The molecule has 1 N–H and O–H groups in total. The fourth-order valence-corrected chi connectivity index (χ4v) is 1.87. The number of rotatable bonds is 5. The molecule has 1 unspecified atom stereocenters. The van der Waals surface area contributed by atoms with Crippen molar-refractivity contribution in [2.75, 3.05) is 5.32 Å². The Labute approximate surface area is 120 Å². The van der Waals surface area contributed by atoms with Gasteiger partial charge in [0.05, 0.1) is 5.69 Å². The average molecular weight is 301 g/mol. The predicted octanol–water partition coefficient (Wildman–Crippen LogP) is 4.20. The molecule has 0 radical (unpaired) electrons. The number of aromatic nitrogens is 3. The van der Waals surface area contributed by atoms with E-state index in [1.165, 1.54) is 18.5 Å². The number of alkyl halides is 2. The number of hydrogen-bond acceptors (Lipinski definition) is 3. The van der Waals surface area contributed by atoms with Crippen molar-refractivity contribution >= 4 is 17.3 Å². The zero-order valence-electron chi connectivity index (χ0n) is 11.1. The van der Waals surface area contributed by atoms with Gasteiger partial charge in [0.25, 0.3) is 0 Å². The molecule has 0 saturated heterocycles. The highest BCUT2D eigenvalue weighted by atomic mass is 35.5. The Bertz CT molecular complexity index is 586. The second-order valence-electron chi connectivity index (χ2n) is 4.46. The molecule has 2 aromatic heterocycles. The highest BCUT2D eigenvalue weighted by Crippen LogP contribution is 2.29. The monoisotopic (exact) mass is 300 g/mol. The van der Waals surface area contributed by atoms with Crippen LogP contribution in [0.25, 0.3) is 11.3 Å². The van der Waals surface area contributed by atoms with Crippen molar-refractivity contribution in [3.05, 3.63) is 29.7 Å². The maximum absolute atomic E-state index is 12.6. The van der Waals surface area contributed by atoms with Gasteiger partial charge in [0.2, 0.25) is 0 Å². The number of pyridine rings is 1. The van der Waals surface area contributed by atoms with Crippen LogP contribution in [0.3, 0.4) is 0 Å². The second kappa shape index (κ2) is 6.17. The summed E-state index contributed by atoms with van der Waals surface area (Å²) < 4.78 is 25.8. The molecule has 108 valence electrons. The van der Waals surface area contributed by atoms with E-state index in [9.17, 15) is 8.78 Å². The van der Waals surface area contributed by atoms with Crippen LogP contribution in [0.15, 0.2) is 24.5 Å². The largest absolute Gasteiger partial charge is 0.382 e. The van der Waals surface area contributed by atoms with Crippen LogP contribution in [-0.4, -0.2) is 20.8 Å². The van der Waals surface area contributed by atoms with Crippen molar-refractivity contribution in [2.45, 2.75) is 32.9 Å². The lowest BCUT2D eigenvalue weighted by atomic mass is 10.1. The van der Waals surface area contributed by atoms with Crippen molar-refractivity contribution in [2.24, 2.45) is 0 Å². The Kier molecular flexibility index (Phi) is 4.54. The summed E-state index contributed by atoms with van der Waals surface area (Å²) in [6, 6.07) is 3.42. The molecule has 0 spiro atoms. The van der Waals surface area contributed by atoms with Crippen LogP contribution in [0.2, 0.25) is 5.15 Å². The van der Waals surface area contributed by atoms with Gasteiger partial charge in [0.1, 0.15) is 5.15 Å². The zero-order valence-corrected chi connectivity index (χ0v) is 11.9. The van der Waals surface area contributed by atoms with Crippen molar-refractivity contribution in [1.29, 1.82) is 0 Å². The number of nitrogens with zero attached hydrogens (tertiary/aromatic N) is 3. The van der Waals surface area contributed by atoms with Crippen LogP contribution in [0.4, 0.5) is 14.5 Å². The lowest BCUT2D eigenvalue weighted by Gasteiger charge is -2.15. The average Bonchev–Trinajstić information content (AvgIpc) is 2.88. The van der Waals surface area contributed by atoms with Crippen LogP contribution in [0, 0.1) is 0 Å². The van der Waals surface area contributed by atoms with Gasteiger partial charge in [-0.15, -0.1) is 0 Å². The van der Waals surface area contributed by atoms with Crippen molar-refractivity contribution in [3.8, 4) is 11.3 Å². The molecule has 0 saturated carbocycles. The van der Waals surface area contributed by atoms with E-state index in [1.807, 2.05) is 13.8 Å². The van der Waals surface area contributed by atoms with Crippen LogP contribution in [0.1, 0.15) is 26.8 Å². The first-order valence-electron chi connectivity index (χ1n) is 6.27. The molecule has 1 atom stereocenters. The minimum Gasteiger partial charge on any atom is -0.382 e. The minimum absolute atomic E-state index is 0.226. The zero-order chi connectivity index (χ0) is 14.7. The Balaban J connectivity index is 2.38. The van der Waals surface area contributed by atoms with E-state index in [2.05, 4.69) is 15.4 Å². The van der Waals surface area contributed by atoms with E-state index in [4.69, 9.17) is 11.6 Å². The van der Waals surface area contributed by atoms with E-state index in [-0.39, 0.29) is 6.04 Å². The Morgan fingerprint density at radius 2 is 2.20 bits per heavy atom. The number of halogens is 3. The van der Waals surface area contributed by atoms with Crippen molar-refractivity contribution < 1.29 is 8.78 Å². The van der Waals surface area contributed by atoms with Gasteiger partial charge >= 0.3 is 6.55 Å². The van der Waals surface area contributed by atoms with Crippen LogP contribution >= 0.6 is 11.6 Å². The second-order valence-corrected chi connectivity index (χ2v) is 4.85. The van der Waals surface area contributed by atoms with Crippen LogP contribution in [0.5, 0.6) is 0 Å². The van der Waals surface area contributed by atoms with Gasteiger partial charge in [-0.25, -0.2) is 9.67 Å². The molecule has 4 nitrogen and oxygen atoms in total. The Morgan fingerprint density at radius 1 is 1.45 bits per heavy atom. The summed E-state index contributed by atoms with van der Waals surface area (Å²) in [5.41, 5.74) is 1.81. The molecular formula is C13H15ClF2N4. The molecule has 0 aliphatic carbocycles. The molecule has 0 aliphatic heterocycles. The lowest BCUT2D eigenvalue weighted by Crippen LogP contribution is -2.14. The maximum Gasteiger partial charge on any atom is 0.333 e. The number of anilines is 1. The molecule has 0 amide bonds. The number of hydrogen-bond donors (Lipinski definition) is 1. The fraction of sp³-hybridized carbons (Fsp3) is 0.385. The molecular weight excluding hydrogens is 286 g/mol. The Morgan fingerprint density at radius 3 is 2.80 bits per heavy atom.